The highest BCUT2D eigenvalue weighted by atomic mass is 16.1. The molecule has 0 saturated carbocycles. The number of pyridine rings is 2. The van der Waals surface area contributed by atoms with Crippen molar-refractivity contribution in [2.24, 2.45) is 0 Å². The first kappa shape index (κ1) is 15.5. The molecule has 6 nitrogen and oxygen atoms in total. The van der Waals surface area contributed by atoms with E-state index in [0.717, 1.165) is 38.8 Å². The SMILES string of the molecule is O=c1[nH]nc(Cc2ccncc2)c2cc(-c3c[nH]c4ncccc34)ccc12. The van der Waals surface area contributed by atoms with Crippen LogP contribution in [0.1, 0.15) is 11.3 Å². The van der Waals surface area contributed by atoms with Crippen molar-refractivity contribution >= 4 is 21.8 Å². The van der Waals surface area contributed by atoms with Gasteiger partial charge in [0.1, 0.15) is 5.65 Å². The average molecular weight is 353 g/mol. The van der Waals surface area contributed by atoms with Crippen LogP contribution in [0.4, 0.5) is 0 Å². The van der Waals surface area contributed by atoms with Crippen LogP contribution in [0.3, 0.4) is 0 Å². The predicted molar refractivity (Wildman–Crippen MR) is 104 cm³/mol. The Morgan fingerprint density at radius 1 is 0.926 bits per heavy atom. The van der Waals surface area contributed by atoms with Gasteiger partial charge >= 0.3 is 0 Å². The Morgan fingerprint density at radius 2 is 1.81 bits per heavy atom. The smallest absolute Gasteiger partial charge is 0.272 e. The van der Waals surface area contributed by atoms with Crippen molar-refractivity contribution in [3.8, 4) is 11.1 Å². The van der Waals surface area contributed by atoms with Crippen molar-refractivity contribution in [3.63, 3.8) is 0 Å². The van der Waals surface area contributed by atoms with Gasteiger partial charge < -0.3 is 4.98 Å². The van der Waals surface area contributed by atoms with Crippen molar-refractivity contribution in [1.82, 2.24) is 25.1 Å². The molecule has 0 radical (unpaired) electrons. The molecular formula is C21H15N5O. The van der Waals surface area contributed by atoms with Crippen LogP contribution < -0.4 is 5.56 Å². The standard InChI is InChI=1S/C21H15N5O/c27-21-16-4-3-14(18-12-24-20-15(18)2-1-7-23-20)11-17(16)19(25-26-21)10-13-5-8-22-9-6-13/h1-9,11-12H,10H2,(H,23,24)(H,26,27). The summed E-state index contributed by atoms with van der Waals surface area (Å²) in [5, 5.41) is 9.45. The molecule has 0 aliphatic heterocycles. The molecule has 2 N–H and O–H groups in total. The zero-order valence-electron chi connectivity index (χ0n) is 14.3. The summed E-state index contributed by atoms with van der Waals surface area (Å²) in [7, 11) is 0. The van der Waals surface area contributed by atoms with Crippen LogP contribution in [0.2, 0.25) is 0 Å². The third-order valence-corrected chi connectivity index (χ3v) is 4.75. The molecule has 1 aromatic carbocycles. The van der Waals surface area contributed by atoms with Crippen LogP contribution >= 0.6 is 0 Å². The van der Waals surface area contributed by atoms with Crippen LogP contribution in [0.5, 0.6) is 0 Å². The number of nitrogens with one attached hydrogen (secondary N) is 2. The lowest BCUT2D eigenvalue weighted by Crippen LogP contribution is -2.11. The second-order valence-corrected chi connectivity index (χ2v) is 6.39. The average Bonchev–Trinajstić information content (AvgIpc) is 3.15. The predicted octanol–water partition coefficient (Wildman–Crippen LogP) is 3.45. The molecule has 0 fully saturated rings. The fraction of sp³-hybridized carbons (Fsp3) is 0.0476. The van der Waals surface area contributed by atoms with E-state index in [-0.39, 0.29) is 5.56 Å². The van der Waals surface area contributed by atoms with Gasteiger partial charge in [-0.15, -0.1) is 0 Å². The number of hydrogen-bond acceptors (Lipinski definition) is 4. The van der Waals surface area contributed by atoms with Gasteiger partial charge in [-0.05, 0) is 47.5 Å². The molecule has 6 heteroatoms. The number of benzene rings is 1. The van der Waals surface area contributed by atoms with Crippen molar-refractivity contribution in [1.29, 1.82) is 0 Å². The number of fused-ring (bicyclic) bond motifs is 2. The van der Waals surface area contributed by atoms with Crippen LogP contribution in [-0.4, -0.2) is 25.1 Å². The Labute approximate surface area is 153 Å². The quantitative estimate of drug-likeness (QED) is 0.520. The fourth-order valence-corrected chi connectivity index (χ4v) is 3.41. The van der Waals surface area contributed by atoms with Gasteiger partial charge in [-0.3, -0.25) is 9.78 Å². The molecule has 27 heavy (non-hydrogen) atoms. The largest absolute Gasteiger partial charge is 0.346 e. The topological polar surface area (TPSA) is 87.3 Å². The third kappa shape index (κ3) is 2.67. The molecule has 4 heterocycles. The zero-order chi connectivity index (χ0) is 18.2. The van der Waals surface area contributed by atoms with Crippen molar-refractivity contribution in [3.05, 3.63) is 88.9 Å². The minimum Gasteiger partial charge on any atom is -0.346 e. The van der Waals surface area contributed by atoms with E-state index in [1.165, 1.54) is 0 Å². The van der Waals surface area contributed by atoms with Gasteiger partial charge in [-0.2, -0.15) is 5.10 Å². The highest BCUT2D eigenvalue weighted by Crippen LogP contribution is 2.30. The van der Waals surface area contributed by atoms with Crippen LogP contribution in [0.25, 0.3) is 32.9 Å². The Hall–Kier alpha value is -3.80. The summed E-state index contributed by atoms with van der Waals surface area (Å²) >= 11 is 0. The molecule has 5 rings (SSSR count). The van der Waals surface area contributed by atoms with E-state index in [4.69, 9.17) is 0 Å². The summed E-state index contributed by atoms with van der Waals surface area (Å²) in [6.07, 6.45) is 7.84. The second kappa shape index (κ2) is 6.17. The van der Waals surface area contributed by atoms with Crippen LogP contribution in [-0.2, 0) is 6.42 Å². The van der Waals surface area contributed by atoms with Gasteiger partial charge in [0.25, 0.3) is 5.56 Å². The maximum atomic E-state index is 12.2. The lowest BCUT2D eigenvalue weighted by Gasteiger charge is -2.07. The van der Waals surface area contributed by atoms with Gasteiger partial charge in [-0.25, -0.2) is 10.1 Å². The molecule has 0 spiro atoms. The molecule has 0 unspecified atom stereocenters. The summed E-state index contributed by atoms with van der Waals surface area (Å²) in [6, 6.07) is 13.7. The zero-order valence-corrected chi connectivity index (χ0v) is 14.3. The summed E-state index contributed by atoms with van der Waals surface area (Å²) in [5.74, 6) is 0. The lowest BCUT2D eigenvalue weighted by atomic mass is 9.99. The van der Waals surface area contributed by atoms with E-state index >= 15 is 0 Å². The summed E-state index contributed by atoms with van der Waals surface area (Å²) < 4.78 is 0. The summed E-state index contributed by atoms with van der Waals surface area (Å²) in [4.78, 5) is 23.8. The molecule has 0 amide bonds. The Bertz CT molecular complexity index is 1320. The molecule has 0 aliphatic carbocycles. The molecule has 0 aliphatic rings. The number of nitrogens with zero attached hydrogens (tertiary/aromatic N) is 3. The van der Waals surface area contributed by atoms with Crippen molar-refractivity contribution < 1.29 is 0 Å². The van der Waals surface area contributed by atoms with E-state index in [1.807, 2.05) is 48.7 Å². The summed E-state index contributed by atoms with van der Waals surface area (Å²) in [5.41, 5.74) is 4.65. The number of rotatable bonds is 3. The minimum absolute atomic E-state index is 0.185. The Balaban J connectivity index is 1.70. The number of aromatic nitrogens is 5. The number of H-pyrrole nitrogens is 2. The Morgan fingerprint density at radius 3 is 2.70 bits per heavy atom. The molecule has 0 bridgehead atoms. The summed E-state index contributed by atoms with van der Waals surface area (Å²) in [6.45, 7) is 0. The van der Waals surface area contributed by atoms with Gasteiger partial charge in [0.2, 0.25) is 0 Å². The van der Waals surface area contributed by atoms with Crippen molar-refractivity contribution in [2.75, 3.05) is 0 Å². The van der Waals surface area contributed by atoms with E-state index in [9.17, 15) is 4.79 Å². The third-order valence-electron chi connectivity index (χ3n) is 4.75. The molecule has 5 aromatic rings. The van der Waals surface area contributed by atoms with Crippen LogP contribution in [0, 0.1) is 0 Å². The molecular weight excluding hydrogens is 338 g/mol. The lowest BCUT2D eigenvalue weighted by molar-refractivity contribution is 0.933. The van der Waals surface area contributed by atoms with E-state index < -0.39 is 0 Å². The van der Waals surface area contributed by atoms with E-state index in [1.54, 1.807) is 18.6 Å². The van der Waals surface area contributed by atoms with Gasteiger partial charge in [0, 0.05) is 47.5 Å². The molecule has 130 valence electrons. The van der Waals surface area contributed by atoms with Gasteiger partial charge in [-0.1, -0.05) is 6.07 Å². The van der Waals surface area contributed by atoms with Gasteiger partial charge in [0.15, 0.2) is 0 Å². The fourth-order valence-electron chi connectivity index (χ4n) is 3.41. The minimum atomic E-state index is -0.185. The first-order valence-electron chi connectivity index (χ1n) is 8.62. The molecule has 4 aromatic heterocycles. The highest BCUT2D eigenvalue weighted by Gasteiger charge is 2.12. The number of aromatic amines is 2. The first-order chi connectivity index (χ1) is 13.3. The highest BCUT2D eigenvalue weighted by molar-refractivity contribution is 5.97. The number of hydrogen-bond donors (Lipinski definition) is 2. The van der Waals surface area contributed by atoms with E-state index in [0.29, 0.717) is 11.8 Å². The molecule has 0 atom stereocenters. The maximum absolute atomic E-state index is 12.2. The first-order valence-corrected chi connectivity index (χ1v) is 8.62. The second-order valence-electron chi connectivity index (χ2n) is 6.39. The van der Waals surface area contributed by atoms with Crippen LogP contribution in [0.15, 0.2) is 72.0 Å². The normalized spacial score (nSPS) is 11.3. The monoisotopic (exact) mass is 353 g/mol. The molecule has 0 saturated heterocycles. The maximum Gasteiger partial charge on any atom is 0.272 e. The Kier molecular flexibility index (Phi) is 3.53. The van der Waals surface area contributed by atoms with E-state index in [2.05, 4.69) is 25.1 Å². The van der Waals surface area contributed by atoms with Gasteiger partial charge in [0.05, 0.1) is 11.1 Å². The van der Waals surface area contributed by atoms with Crippen molar-refractivity contribution in [2.45, 2.75) is 6.42 Å².